The first-order valence-electron chi connectivity index (χ1n) is 10.5. The number of aryl methyl sites for hydroxylation is 2. The molecule has 3 aromatic carbocycles. The Labute approximate surface area is 183 Å². The molecule has 4 rings (SSSR count). The summed E-state index contributed by atoms with van der Waals surface area (Å²) in [5.41, 5.74) is 9.48. The lowest BCUT2D eigenvalue weighted by Gasteiger charge is -2.16. The van der Waals surface area contributed by atoms with E-state index in [0.717, 1.165) is 11.3 Å². The van der Waals surface area contributed by atoms with Gasteiger partial charge in [-0.05, 0) is 44.0 Å². The van der Waals surface area contributed by atoms with Crippen molar-refractivity contribution in [2.75, 3.05) is 0 Å². The third-order valence-electron chi connectivity index (χ3n) is 5.22. The fraction of sp³-hybridized carbons (Fsp3) is 0.185. The topological polar surface area (TPSA) is 65.1 Å². The molecule has 1 aromatic heterocycles. The third-order valence-corrected chi connectivity index (χ3v) is 5.22. The van der Waals surface area contributed by atoms with Gasteiger partial charge in [-0.25, -0.2) is 0 Å². The smallest absolute Gasteiger partial charge is 0.263 e. The van der Waals surface area contributed by atoms with Crippen LogP contribution in [-0.4, -0.2) is 10.5 Å². The minimum atomic E-state index is -0.531. The van der Waals surface area contributed by atoms with Crippen molar-refractivity contribution in [3.63, 3.8) is 0 Å². The zero-order valence-electron chi connectivity index (χ0n) is 18.3. The van der Waals surface area contributed by atoms with Crippen LogP contribution in [-0.2, 0) is 6.42 Å². The van der Waals surface area contributed by atoms with E-state index in [-0.39, 0.29) is 5.56 Å². The van der Waals surface area contributed by atoms with Gasteiger partial charge in [0.15, 0.2) is 0 Å². The quantitative estimate of drug-likeness (QED) is 0.491. The molecule has 0 aliphatic carbocycles. The summed E-state index contributed by atoms with van der Waals surface area (Å²) in [5.74, 6) is -0.531. The van der Waals surface area contributed by atoms with Crippen molar-refractivity contribution in [2.24, 2.45) is 5.73 Å². The van der Waals surface area contributed by atoms with Gasteiger partial charge >= 0.3 is 0 Å². The van der Waals surface area contributed by atoms with E-state index in [1.54, 1.807) is 23.6 Å². The van der Waals surface area contributed by atoms with Crippen molar-refractivity contribution in [1.29, 1.82) is 0 Å². The summed E-state index contributed by atoms with van der Waals surface area (Å²) in [7, 11) is 0. The molecule has 0 radical (unpaired) electrons. The van der Waals surface area contributed by atoms with Crippen LogP contribution in [0, 0.1) is 13.8 Å². The maximum absolute atomic E-state index is 12.9. The number of benzene rings is 3. The highest BCUT2D eigenvalue weighted by atomic mass is 16.1. The van der Waals surface area contributed by atoms with Gasteiger partial charge in [0.25, 0.3) is 11.5 Å². The second-order valence-corrected chi connectivity index (χ2v) is 7.59. The molecule has 1 amide bonds. The third kappa shape index (κ3) is 4.92. The molecule has 2 N–H and O–H groups in total. The molecule has 0 spiro atoms. The molecule has 0 unspecified atom stereocenters. The predicted octanol–water partition coefficient (Wildman–Crippen LogP) is 5.35. The Morgan fingerprint density at radius 2 is 1.48 bits per heavy atom. The summed E-state index contributed by atoms with van der Waals surface area (Å²) in [4.78, 5) is 24.8. The molecular formula is C27H28N2O2. The second kappa shape index (κ2) is 9.90. The maximum atomic E-state index is 12.9. The van der Waals surface area contributed by atoms with Gasteiger partial charge in [0.1, 0.15) is 0 Å². The van der Waals surface area contributed by atoms with E-state index in [9.17, 15) is 9.59 Å². The summed E-state index contributed by atoms with van der Waals surface area (Å²) in [6, 6.07) is 25.3. The van der Waals surface area contributed by atoms with Gasteiger partial charge in [0.05, 0.1) is 5.56 Å². The van der Waals surface area contributed by atoms with E-state index >= 15 is 0 Å². The molecule has 0 atom stereocenters. The first-order valence-corrected chi connectivity index (χ1v) is 10.5. The monoisotopic (exact) mass is 412 g/mol. The lowest BCUT2D eigenvalue weighted by Crippen LogP contribution is -2.26. The molecule has 0 fully saturated rings. The van der Waals surface area contributed by atoms with E-state index in [4.69, 9.17) is 5.73 Å². The number of primary amides is 1. The van der Waals surface area contributed by atoms with Crippen molar-refractivity contribution in [3.8, 4) is 5.69 Å². The number of carbonyl (C=O) groups excluding carboxylic acids is 1. The van der Waals surface area contributed by atoms with Crippen molar-refractivity contribution in [2.45, 2.75) is 33.6 Å². The van der Waals surface area contributed by atoms with Gasteiger partial charge in [-0.2, -0.15) is 0 Å². The minimum absolute atomic E-state index is 0.146. The Hall–Kier alpha value is -3.66. The first-order chi connectivity index (χ1) is 14.9. The van der Waals surface area contributed by atoms with Crippen LogP contribution >= 0.6 is 0 Å². The lowest BCUT2D eigenvalue weighted by molar-refractivity contribution is 0.100. The van der Waals surface area contributed by atoms with Gasteiger partial charge in [0, 0.05) is 22.2 Å². The standard InChI is InChI=1S/C18H16N2O2.C9H12/c1-11-8-9-14-15(10-11)18(22)20(12(2)16(14)17(19)21)13-6-4-3-5-7-13;1-2-6-9-7-4-3-5-8-9/h3-10H,1-2H3,(H2,19,21);3-5,7-8H,2,6H2,1H3. The Morgan fingerprint density at radius 1 is 0.871 bits per heavy atom. The van der Waals surface area contributed by atoms with E-state index < -0.39 is 5.91 Å². The average Bonchev–Trinajstić information content (AvgIpc) is 2.76. The van der Waals surface area contributed by atoms with Crippen LogP contribution in [0.5, 0.6) is 0 Å². The number of nitrogens with two attached hydrogens (primary N) is 1. The highest BCUT2D eigenvalue weighted by molar-refractivity contribution is 6.07. The van der Waals surface area contributed by atoms with Crippen molar-refractivity contribution < 1.29 is 4.79 Å². The van der Waals surface area contributed by atoms with Gasteiger partial charge in [-0.15, -0.1) is 0 Å². The van der Waals surface area contributed by atoms with Crippen molar-refractivity contribution in [3.05, 3.63) is 112 Å². The Kier molecular flexibility index (Phi) is 7.03. The number of fused-ring (bicyclic) bond motifs is 1. The number of amides is 1. The minimum Gasteiger partial charge on any atom is -0.366 e. The van der Waals surface area contributed by atoms with E-state index in [1.807, 2.05) is 43.3 Å². The molecule has 0 saturated carbocycles. The Bertz CT molecular complexity index is 1240. The fourth-order valence-corrected chi connectivity index (χ4v) is 3.76. The van der Waals surface area contributed by atoms with Gasteiger partial charge in [-0.1, -0.05) is 79.6 Å². The van der Waals surface area contributed by atoms with Gasteiger partial charge < -0.3 is 5.73 Å². The van der Waals surface area contributed by atoms with Gasteiger partial charge in [0.2, 0.25) is 0 Å². The summed E-state index contributed by atoms with van der Waals surface area (Å²) in [6.07, 6.45) is 2.45. The molecule has 0 aliphatic heterocycles. The van der Waals surface area contributed by atoms with Crippen molar-refractivity contribution in [1.82, 2.24) is 4.57 Å². The van der Waals surface area contributed by atoms with Crippen LogP contribution in [0.3, 0.4) is 0 Å². The molecule has 4 heteroatoms. The molecule has 0 aliphatic rings. The summed E-state index contributed by atoms with van der Waals surface area (Å²) in [6.45, 7) is 5.86. The van der Waals surface area contributed by atoms with Crippen LogP contribution < -0.4 is 11.3 Å². The average molecular weight is 413 g/mol. The number of aromatic nitrogens is 1. The van der Waals surface area contributed by atoms with Crippen LogP contribution in [0.1, 0.15) is 40.5 Å². The molecule has 4 aromatic rings. The summed E-state index contributed by atoms with van der Waals surface area (Å²) >= 11 is 0. The van der Waals surface area contributed by atoms with E-state index in [0.29, 0.717) is 22.0 Å². The van der Waals surface area contributed by atoms with Crippen LogP contribution in [0.2, 0.25) is 0 Å². The number of para-hydroxylation sites is 1. The van der Waals surface area contributed by atoms with Gasteiger partial charge in [-0.3, -0.25) is 14.2 Å². The maximum Gasteiger partial charge on any atom is 0.263 e. The zero-order valence-corrected chi connectivity index (χ0v) is 18.3. The second-order valence-electron chi connectivity index (χ2n) is 7.59. The lowest BCUT2D eigenvalue weighted by atomic mass is 10.0. The number of carbonyl (C=O) groups is 1. The van der Waals surface area contributed by atoms with E-state index in [1.165, 1.54) is 18.4 Å². The molecule has 4 nitrogen and oxygen atoms in total. The molecule has 31 heavy (non-hydrogen) atoms. The van der Waals surface area contributed by atoms with E-state index in [2.05, 4.69) is 37.3 Å². The molecule has 0 bridgehead atoms. The number of hydrogen-bond donors (Lipinski definition) is 1. The van der Waals surface area contributed by atoms with Crippen LogP contribution in [0.25, 0.3) is 16.5 Å². The highest BCUT2D eigenvalue weighted by Crippen LogP contribution is 2.22. The molecule has 0 saturated heterocycles. The van der Waals surface area contributed by atoms with Crippen molar-refractivity contribution >= 4 is 16.7 Å². The summed E-state index contributed by atoms with van der Waals surface area (Å²) < 4.78 is 1.54. The molecule has 1 heterocycles. The Balaban J connectivity index is 0.000000254. The first kappa shape index (κ1) is 22.0. The highest BCUT2D eigenvalue weighted by Gasteiger charge is 2.18. The SMILES string of the molecule is CCCc1ccccc1.Cc1ccc2c(C(N)=O)c(C)n(-c3ccccc3)c(=O)c2c1. The number of hydrogen-bond acceptors (Lipinski definition) is 2. The normalized spacial score (nSPS) is 10.4. The van der Waals surface area contributed by atoms with Crippen LogP contribution in [0.4, 0.5) is 0 Å². The molecule has 158 valence electrons. The zero-order chi connectivity index (χ0) is 22.4. The molecular weight excluding hydrogens is 384 g/mol. The number of nitrogens with zero attached hydrogens (tertiary/aromatic N) is 1. The fourth-order valence-electron chi connectivity index (χ4n) is 3.76. The summed E-state index contributed by atoms with van der Waals surface area (Å²) in [5, 5.41) is 1.11. The number of rotatable bonds is 4. The largest absolute Gasteiger partial charge is 0.366 e. The number of pyridine rings is 1. The predicted molar refractivity (Wildman–Crippen MR) is 128 cm³/mol. The van der Waals surface area contributed by atoms with Crippen LogP contribution in [0.15, 0.2) is 83.7 Å². The Morgan fingerprint density at radius 3 is 2.06 bits per heavy atom.